The molecule has 3 aliphatic carbocycles. The first-order chi connectivity index (χ1) is 27.1. The molecule has 3 N–H and O–H groups in total. The second-order valence-corrected chi connectivity index (χ2v) is 20.0. The zero-order chi connectivity index (χ0) is 40.3. The molecule has 57 heavy (non-hydrogen) atoms. The maximum atomic E-state index is 14.9. The second kappa shape index (κ2) is 14.7. The molecule has 0 spiro atoms. The molecule has 308 valence electrons. The Hall–Kier alpha value is -4.60. The lowest BCUT2D eigenvalue weighted by molar-refractivity contribution is -0.142. The molecule has 1 aromatic heterocycles. The predicted octanol–water partition coefficient (Wildman–Crippen LogP) is 4.13. The van der Waals surface area contributed by atoms with Crippen LogP contribution in [0.25, 0.3) is 10.8 Å². The van der Waals surface area contributed by atoms with E-state index in [4.69, 9.17) is 18.9 Å². The molecule has 16 heteroatoms. The number of hydrogen-bond donors (Lipinski definition) is 3. The normalized spacial score (nSPS) is 32.0. The van der Waals surface area contributed by atoms with Gasteiger partial charge in [-0.25, -0.2) is 18.2 Å². The van der Waals surface area contributed by atoms with Crippen molar-refractivity contribution in [2.24, 2.45) is 23.2 Å². The molecule has 0 radical (unpaired) electrons. The first kappa shape index (κ1) is 39.2. The van der Waals surface area contributed by atoms with Crippen LogP contribution in [0.2, 0.25) is 0 Å². The van der Waals surface area contributed by atoms with Crippen LogP contribution in [0.3, 0.4) is 0 Å². The number of carbonyl (C=O) groups excluding carboxylic acids is 4. The molecular weight excluding hydrogens is 755 g/mol. The fraction of sp³-hybridized carbons (Fsp3) is 0.634. The van der Waals surface area contributed by atoms with Crippen LogP contribution in [0, 0.1) is 23.2 Å². The molecule has 1 aromatic carbocycles. The minimum atomic E-state index is -4.00. The molecule has 4 amide bonds. The van der Waals surface area contributed by atoms with Crippen LogP contribution in [0.4, 0.5) is 4.79 Å². The summed E-state index contributed by atoms with van der Waals surface area (Å²) in [7, 11) is -4.00. The number of hydrogen-bond acceptors (Lipinski definition) is 11. The summed E-state index contributed by atoms with van der Waals surface area (Å²) in [5.74, 6) is -1.06. The van der Waals surface area contributed by atoms with Crippen LogP contribution in [0.5, 0.6) is 17.4 Å². The Morgan fingerprint density at radius 1 is 1.04 bits per heavy atom. The van der Waals surface area contributed by atoms with Crippen LogP contribution < -0.4 is 29.6 Å². The number of nitrogens with one attached hydrogen (secondary N) is 3. The van der Waals surface area contributed by atoms with Gasteiger partial charge in [-0.05, 0) is 88.3 Å². The molecule has 4 heterocycles. The lowest BCUT2D eigenvalue weighted by atomic mass is 9.88. The summed E-state index contributed by atoms with van der Waals surface area (Å²) in [6, 6.07) is 3.26. The Balaban J connectivity index is 1.11. The maximum Gasteiger partial charge on any atom is 0.407 e. The van der Waals surface area contributed by atoms with E-state index in [1.54, 1.807) is 25.3 Å². The molecular formula is C41H53N5O10S. The van der Waals surface area contributed by atoms with Crippen LogP contribution in [0.1, 0.15) is 85.5 Å². The summed E-state index contributed by atoms with van der Waals surface area (Å²) in [6.45, 7) is 8.67. The third-order valence-electron chi connectivity index (χ3n) is 12.9. The average Bonchev–Trinajstić information content (AvgIpc) is 4.14. The molecule has 8 rings (SSSR count). The summed E-state index contributed by atoms with van der Waals surface area (Å²) in [5.41, 5.74) is -1.59. The summed E-state index contributed by atoms with van der Waals surface area (Å²) in [6.07, 6.45) is 9.10. The van der Waals surface area contributed by atoms with E-state index in [2.05, 4.69) is 27.3 Å². The van der Waals surface area contributed by atoms with Crippen LogP contribution in [0.15, 0.2) is 36.5 Å². The van der Waals surface area contributed by atoms with E-state index in [-0.39, 0.29) is 49.1 Å². The van der Waals surface area contributed by atoms with Gasteiger partial charge >= 0.3 is 6.09 Å². The number of carbonyl (C=O) groups is 4. The van der Waals surface area contributed by atoms with E-state index in [0.29, 0.717) is 55.8 Å². The minimum Gasteiger partial charge on any atom is -0.486 e. The van der Waals surface area contributed by atoms with Crippen molar-refractivity contribution in [3.8, 4) is 17.4 Å². The molecule has 1 saturated heterocycles. The van der Waals surface area contributed by atoms with E-state index in [1.165, 1.54) is 4.90 Å². The number of benzene rings is 1. The second-order valence-electron chi connectivity index (χ2n) is 17.8. The number of allylic oxidation sites excluding steroid dienone is 1. The predicted molar refractivity (Wildman–Crippen MR) is 208 cm³/mol. The lowest BCUT2D eigenvalue weighted by Gasteiger charge is -2.32. The molecule has 15 nitrogen and oxygen atoms in total. The fourth-order valence-corrected chi connectivity index (χ4v) is 9.67. The number of ether oxygens (including phenoxy) is 4. The van der Waals surface area contributed by atoms with Gasteiger partial charge in [-0.1, -0.05) is 32.9 Å². The zero-order valence-corrected chi connectivity index (χ0v) is 33.8. The summed E-state index contributed by atoms with van der Waals surface area (Å²) in [4.78, 5) is 62.6. The lowest BCUT2D eigenvalue weighted by Crippen LogP contribution is -2.59. The highest BCUT2D eigenvalue weighted by atomic mass is 32.2. The third-order valence-corrected chi connectivity index (χ3v) is 15.0. The Morgan fingerprint density at radius 2 is 1.81 bits per heavy atom. The Bertz CT molecular complexity index is 2100. The molecule has 2 aromatic rings. The van der Waals surface area contributed by atoms with Crippen molar-refractivity contribution in [1.82, 2.24) is 25.2 Å². The quantitative estimate of drug-likeness (QED) is 0.325. The van der Waals surface area contributed by atoms with Crippen LogP contribution in [-0.2, 0) is 29.1 Å². The van der Waals surface area contributed by atoms with E-state index in [1.807, 2.05) is 32.1 Å². The topological polar surface area (TPSA) is 192 Å². The number of alkyl carbamates (subject to hydrolysis) is 1. The standard InChI is InChI=1S/C41H53N5O10S/c1-24-7-5-6-8-26-21-41(26,37(49)45-57(51,52)40(4)14-15-40)44-34(47)30-20-27(56-35-29-9-10-31-33(54-18-17-53-31)28(29)11-16-42-35)22-46(30)36(48)32(25(2)19-24)43-38(50)55-23-39(3)12-13-39/h6,8-11,16,24-27,30,32H,5,7,12-15,17-23H2,1-4H3,(H,43,50)(H,44,47)(H,45,49)/b8-6-/t24-,25-,26?,27-,30+,32+,41-/m1/s1. The SMILES string of the molecule is C[C@@H]1CC/C=C\C2C[C@@]2(C(=O)NS(=O)(=O)C2(C)CC2)NC(=O)[C@@H]2C[C@@H](Oc3nccc4c5c(ccc34)OCCO5)CN2C(=O)[C@@H](NC(=O)OCC2(C)CC2)[C@H](C)C1. The molecule has 3 aliphatic heterocycles. The van der Waals surface area contributed by atoms with Gasteiger partial charge in [0, 0.05) is 34.7 Å². The largest absolute Gasteiger partial charge is 0.486 e. The van der Waals surface area contributed by atoms with Crippen molar-refractivity contribution in [1.29, 1.82) is 0 Å². The van der Waals surface area contributed by atoms with Crippen molar-refractivity contribution in [2.45, 2.75) is 114 Å². The smallest absolute Gasteiger partial charge is 0.407 e. The molecule has 6 aliphatic rings. The molecule has 3 saturated carbocycles. The van der Waals surface area contributed by atoms with Gasteiger partial charge in [0.05, 0.1) is 17.9 Å². The van der Waals surface area contributed by atoms with E-state index in [9.17, 15) is 27.6 Å². The van der Waals surface area contributed by atoms with Gasteiger partial charge in [0.25, 0.3) is 5.91 Å². The van der Waals surface area contributed by atoms with Crippen molar-refractivity contribution in [3.63, 3.8) is 0 Å². The summed E-state index contributed by atoms with van der Waals surface area (Å²) < 4.78 is 51.5. The number of amides is 4. The van der Waals surface area contributed by atoms with Crippen LogP contribution in [-0.4, -0.2) is 97.0 Å². The van der Waals surface area contributed by atoms with E-state index >= 15 is 0 Å². The molecule has 0 bridgehead atoms. The number of sulfonamides is 1. The van der Waals surface area contributed by atoms with Gasteiger partial charge in [0.1, 0.15) is 36.9 Å². The number of nitrogens with zero attached hydrogens (tertiary/aromatic N) is 2. The van der Waals surface area contributed by atoms with Gasteiger partial charge in [0.2, 0.25) is 27.7 Å². The summed E-state index contributed by atoms with van der Waals surface area (Å²) >= 11 is 0. The number of rotatable bonds is 8. The van der Waals surface area contributed by atoms with Crippen molar-refractivity contribution in [2.75, 3.05) is 26.4 Å². The number of fused-ring (bicyclic) bond motifs is 5. The van der Waals surface area contributed by atoms with Gasteiger partial charge in [0.15, 0.2) is 11.5 Å². The zero-order valence-electron chi connectivity index (χ0n) is 33.0. The minimum absolute atomic E-state index is 0.0254. The van der Waals surface area contributed by atoms with Gasteiger partial charge in [-0.2, -0.15) is 0 Å². The Labute approximate surface area is 333 Å². The highest BCUT2D eigenvalue weighted by molar-refractivity contribution is 7.91. The molecule has 4 fully saturated rings. The maximum absolute atomic E-state index is 14.9. The van der Waals surface area contributed by atoms with Gasteiger partial charge < -0.3 is 34.5 Å². The Kier molecular flexibility index (Phi) is 10.1. The fourth-order valence-electron chi connectivity index (χ4n) is 8.35. The van der Waals surface area contributed by atoms with Crippen molar-refractivity contribution in [3.05, 3.63) is 36.5 Å². The number of aromatic nitrogens is 1. The highest BCUT2D eigenvalue weighted by Crippen LogP contribution is 2.48. The number of pyridine rings is 1. The van der Waals surface area contributed by atoms with Crippen molar-refractivity contribution >= 4 is 44.6 Å². The van der Waals surface area contributed by atoms with Gasteiger partial charge in [-0.3, -0.25) is 19.1 Å². The van der Waals surface area contributed by atoms with Gasteiger partial charge in [-0.15, -0.1) is 0 Å². The molecule has 1 unspecified atom stereocenters. The Morgan fingerprint density at radius 3 is 2.56 bits per heavy atom. The summed E-state index contributed by atoms with van der Waals surface area (Å²) in [5, 5.41) is 7.17. The third kappa shape index (κ3) is 7.85. The van der Waals surface area contributed by atoms with Crippen molar-refractivity contribution < 1.29 is 46.5 Å². The average molecular weight is 808 g/mol. The first-order valence-electron chi connectivity index (χ1n) is 20.2. The van der Waals surface area contributed by atoms with E-state index in [0.717, 1.165) is 24.6 Å². The van der Waals surface area contributed by atoms with E-state index < -0.39 is 68.2 Å². The van der Waals surface area contributed by atoms with Crippen LogP contribution >= 0.6 is 0 Å². The first-order valence-corrected chi connectivity index (χ1v) is 21.7. The molecule has 7 atom stereocenters. The monoisotopic (exact) mass is 807 g/mol. The highest BCUT2D eigenvalue weighted by Gasteiger charge is 2.63.